The molecule has 2 amide bonds. The number of fused-ring (bicyclic) bond motifs is 2. The molecule has 2 heterocycles. The van der Waals surface area contributed by atoms with Crippen LogP contribution in [0, 0.1) is 6.92 Å². The van der Waals surface area contributed by atoms with E-state index >= 15 is 0 Å². The van der Waals surface area contributed by atoms with E-state index in [0.29, 0.717) is 33.6 Å². The quantitative estimate of drug-likeness (QED) is 0.345. The molecule has 0 bridgehead atoms. The lowest BCUT2D eigenvalue weighted by Gasteiger charge is -2.11. The number of amides is 2. The molecule has 0 radical (unpaired) electrons. The van der Waals surface area contributed by atoms with E-state index < -0.39 is 11.8 Å². The van der Waals surface area contributed by atoms with Crippen LogP contribution in [0.2, 0.25) is 0 Å². The minimum absolute atomic E-state index is 0.0295. The average molecular weight is 479 g/mol. The van der Waals surface area contributed by atoms with Crippen molar-refractivity contribution >= 4 is 44.9 Å². The van der Waals surface area contributed by atoms with Crippen molar-refractivity contribution in [3.63, 3.8) is 0 Å². The zero-order valence-corrected chi connectivity index (χ0v) is 19.4. The predicted octanol–water partition coefficient (Wildman–Crippen LogP) is 4.37. The van der Waals surface area contributed by atoms with Crippen LogP contribution in [0.5, 0.6) is 0 Å². The molecule has 0 aliphatic heterocycles. The maximum Gasteiger partial charge on any atom is 0.261 e. The summed E-state index contributed by atoms with van der Waals surface area (Å²) in [5.74, 6) is -1.04. The van der Waals surface area contributed by atoms with Crippen LogP contribution in [0.15, 0.2) is 88.4 Å². The Hall–Kier alpha value is -4.82. The molecule has 0 aliphatic carbocycles. The number of aliphatic hydroxyl groups excluding tert-OH is 1. The fourth-order valence-electron chi connectivity index (χ4n) is 4.03. The highest BCUT2D eigenvalue weighted by atomic mass is 16.3. The third-order valence-electron chi connectivity index (χ3n) is 5.87. The lowest BCUT2D eigenvalue weighted by Crippen LogP contribution is -2.22. The van der Waals surface area contributed by atoms with Gasteiger partial charge in [0.25, 0.3) is 5.91 Å². The van der Waals surface area contributed by atoms with E-state index in [1.807, 2.05) is 42.5 Å². The number of nitrogens with two attached hydrogens (primary N) is 1. The SMILES string of the molecule is Cc1ncc(CO)c2cc(C(=O)Nc3cccc4ccccc34)c(=Nc3cccc(C(N)=O)c3)oc12. The third kappa shape index (κ3) is 4.33. The molecule has 8 nitrogen and oxygen atoms in total. The number of pyridine rings is 1. The Labute approximate surface area is 205 Å². The summed E-state index contributed by atoms with van der Waals surface area (Å²) < 4.78 is 6.10. The second kappa shape index (κ2) is 9.44. The van der Waals surface area contributed by atoms with Gasteiger partial charge >= 0.3 is 0 Å². The van der Waals surface area contributed by atoms with Crippen LogP contribution >= 0.6 is 0 Å². The van der Waals surface area contributed by atoms with E-state index in [1.54, 1.807) is 37.4 Å². The van der Waals surface area contributed by atoms with Crippen LogP contribution in [0.4, 0.5) is 11.4 Å². The highest BCUT2D eigenvalue weighted by Gasteiger charge is 2.17. The molecule has 0 spiro atoms. The van der Waals surface area contributed by atoms with Gasteiger partial charge in [0.1, 0.15) is 5.56 Å². The molecule has 0 aliphatic rings. The van der Waals surface area contributed by atoms with Gasteiger partial charge in [-0.2, -0.15) is 0 Å². The first-order chi connectivity index (χ1) is 17.4. The molecule has 0 saturated heterocycles. The zero-order chi connectivity index (χ0) is 25.2. The van der Waals surface area contributed by atoms with Crippen molar-refractivity contribution in [1.82, 2.24) is 4.98 Å². The minimum atomic E-state index is -0.593. The number of anilines is 1. The summed E-state index contributed by atoms with van der Waals surface area (Å²) >= 11 is 0. The van der Waals surface area contributed by atoms with Crippen LogP contribution in [0.25, 0.3) is 21.7 Å². The zero-order valence-electron chi connectivity index (χ0n) is 19.4. The van der Waals surface area contributed by atoms with Crippen LogP contribution in [-0.2, 0) is 6.61 Å². The van der Waals surface area contributed by atoms with Gasteiger partial charge in [0.2, 0.25) is 11.5 Å². The van der Waals surface area contributed by atoms with Gasteiger partial charge in [-0.3, -0.25) is 14.6 Å². The average Bonchev–Trinajstić information content (AvgIpc) is 2.89. The number of benzene rings is 3. The number of aliphatic hydroxyl groups is 1. The van der Waals surface area contributed by atoms with Gasteiger partial charge in [0.15, 0.2) is 5.58 Å². The number of nitrogens with zero attached hydrogens (tertiary/aromatic N) is 2. The second-order valence-electron chi connectivity index (χ2n) is 8.24. The van der Waals surface area contributed by atoms with Crippen molar-refractivity contribution in [2.24, 2.45) is 10.7 Å². The number of nitrogens with one attached hydrogen (secondary N) is 1. The maximum absolute atomic E-state index is 13.6. The van der Waals surface area contributed by atoms with Crippen LogP contribution < -0.4 is 16.6 Å². The Bertz CT molecular complexity index is 1720. The number of carbonyl (C=O) groups is 2. The molecule has 2 aromatic heterocycles. The summed E-state index contributed by atoms with van der Waals surface area (Å²) in [5, 5.41) is 15.2. The first kappa shape index (κ1) is 22.9. The Morgan fingerprint density at radius 2 is 1.81 bits per heavy atom. The normalized spacial score (nSPS) is 11.7. The van der Waals surface area contributed by atoms with E-state index in [9.17, 15) is 14.7 Å². The van der Waals surface area contributed by atoms with E-state index in [4.69, 9.17) is 10.2 Å². The lowest BCUT2D eigenvalue weighted by molar-refractivity contribution is 0.0997. The molecule has 178 valence electrons. The van der Waals surface area contributed by atoms with E-state index in [0.717, 1.165) is 10.8 Å². The molecule has 0 atom stereocenters. The van der Waals surface area contributed by atoms with Crippen LogP contribution in [0.3, 0.4) is 0 Å². The smallest absolute Gasteiger partial charge is 0.261 e. The minimum Gasteiger partial charge on any atom is -0.436 e. The largest absolute Gasteiger partial charge is 0.436 e. The highest BCUT2D eigenvalue weighted by molar-refractivity contribution is 6.10. The lowest BCUT2D eigenvalue weighted by atomic mass is 10.1. The number of hydrogen-bond acceptors (Lipinski definition) is 6. The molecule has 5 rings (SSSR count). The van der Waals surface area contributed by atoms with E-state index in [1.165, 1.54) is 6.07 Å². The maximum atomic E-state index is 13.6. The van der Waals surface area contributed by atoms with Crippen molar-refractivity contribution in [2.75, 3.05) is 5.32 Å². The Morgan fingerprint density at radius 3 is 2.61 bits per heavy atom. The van der Waals surface area contributed by atoms with Crippen LogP contribution in [0.1, 0.15) is 32.0 Å². The summed E-state index contributed by atoms with van der Waals surface area (Å²) in [5.41, 5.74) is 8.38. The molecule has 0 fully saturated rings. The van der Waals surface area contributed by atoms with Crippen molar-refractivity contribution in [1.29, 1.82) is 0 Å². The summed E-state index contributed by atoms with van der Waals surface area (Å²) in [6.07, 6.45) is 1.55. The number of hydrogen-bond donors (Lipinski definition) is 3. The Kier molecular flexibility index (Phi) is 6.02. The van der Waals surface area contributed by atoms with Gasteiger partial charge in [-0.1, -0.05) is 42.5 Å². The van der Waals surface area contributed by atoms with Gasteiger partial charge < -0.3 is 20.6 Å². The van der Waals surface area contributed by atoms with Gasteiger partial charge in [0.05, 0.1) is 18.0 Å². The standard InChI is InChI=1S/C28H22N4O4/c1-16-25-22(19(15-33)14-30-16)13-23(28(36-25)31-20-9-4-8-18(12-20)26(29)34)27(35)32-24-11-5-7-17-6-2-3-10-21(17)24/h2-14,33H,15H2,1H3,(H2,29,34)(H,32,35). The third-order valence-corrected chi connectivity index (χ3v) is 5.87. The number of rotatable bonds is 5. The van der Waals surface area contributed by atoms with Crippen molar-refractivity contribution in [3.05, 3.63) is 107 Å². The van der Waals surface area contributed by atoms with Gasteiger partial charge in [-0.25, -0.2) is 4.99 Å². The molecule has 0 saturated carbocycles. The number of primary amides is 1. The summed E-state index contributed by atoms with van der Waals surface area (Å²) in [6.45, 7) is 1.49. The van der Waals surface area contributed by atoms with Crippen LogP contribution in [-0.4, -0.2) is 21.9 Å². The molecular weight excluding hydrogens is 456 g/mol. The Balaban J connectivity index is 1.71. The molecular formula is C28H22N4O4. The number of carbonyl (C=O) groups excluding carboxylic acids is 2. The summed E-state index contributed by atoms with van der Waals surface area (Å²) in [6, 6.07) is 21.4. The van der Waals surface area contributed by atoms with Gasteiger partial charge in [0, 0.05) is 33.8 Å². The summed E-state index contributed by atoms with van der Waals surface area (Å²) in [7, 11) is 0. The number of aromatic nitrogens is 1. The topological polar surface area (TPSA) is 131 Å². The van der Waals surface area contributed by atoms with E-state index in [2.05, 4.69) is 15.3 Å². The van der Waals surface area contributed by atoms with Crippen molar-refractivity contribution in [3.8, 4) is 0 Å². The summed E-state index contributed by atoms with van der Waals surface area (Å²) in [4.78, 5) is 34.0. The first-order valence-corrected chi connectivity index (χ1v) is 11.2. The fourth-order valence-corrected chi connectivity index (χ4v) is 4.03. The molecule has 0 unspecified atom stereocenters. The predicted molar refractivity (Wildman–Crippen MR) is 137 cm³/mol. The molecule has 3 aromatic carbocycles. The molecule has 4 N–H and O–H groups in total. The number of aryl methyl sites for hydroxylation is 1. The molecule has 8 heteroatoms. The molecule has 36 heavy (non-hydrogen) atoms. The monoisotopic (exact) mass is 478 g/mol. The first-order valence-electron chi connectivity index (χ1n) is 11.2. The van der Waals surface area contributed by atoms with Crippen molar-refractivity contribution in [2.45, 2.75) is 13.5 Å². The highest BCUT2D eigenvalue weighted by Crippen LogP contribution is 2.25. The fraction of sp³-hybridized carbons (Fsp3) is 0.0714. The van der Waals surface area contributed by atoms with Crippen molar-refractivity contribution < 1.29 is 19.1 Å². The molecule has 5 aromatic rings. The van der Waals surface area contributed by atoms with Gasteiger partial charge in [-0.15, -0.1) is 0 Å². The second-order valence-corrected chi connectivity index (χ2v) is 8.24. The Morgan fingerprint density at radius 1 is 1.03 bits per heavy atom. The van der Waals surface area contributed by atoms with Gasteiger partial charge in [-0.05, 0) is 42.6 Å². The van der Waals surface area contributed by atoms with E-state index in [-0.39, 0.29) is 23.3 Å².